The van der Waals surface area contributed by atoms with E-state index < -0.39 is 0 Å². The van der Waals surface area contributed by atoms with Gasteiger partial charge in [-0.25, -0.2) is 4.98 Å². The molecule has 0 unspecified atom stereocenters. The zero-order valence-corrected chi connectivity index (χ0v) is 15.7. The van der Waals surface area contributed by atoms with Crippen LogP contribution in [0.3, 0.4) is 0 Å². The van der Waals surface area contributed by atoms with Crippen molar-refractivity contribution in [1.82, 2.24) is 14.9 Å². The van der Waals surface area contributed by atoms with E-state index in [0.29, 0.717) is 29.7 Å². The van der Waals surface area contributed by atoms with Crippen LogP contribution in [0, 0.1) is 0 Å². The molecule has 3 rings (SSSR count). The van der Waals surface area contributed by atoms with Gasteiger partial charge in [-0.05, 0) is 29.8 Å². The molecule has 2 N–H and O–H groups in total. The monoisotopic (exact) mass is 387 g/mol. The zero-order chi connectivity index (χ0) is 19.1. The van der Waals surface area contributed by atoms with Crippen LogP contribution >= 0.6 is 11.8 Å². The van der Waals surface area contributed by atoms with Gasteiger partial charge in [0.05, 0.1) is 38.0 Å². The minimum absolute atomic E-state index is 0.110. The van der Waals surface area contributed by atoms with Crippen LogP contribution in [0.1, 0.15) is 17.0 Å². The third kappa shape index (κ3) is 5.38. The number of aromatic nitrogens is 2. The molecule has 2 heterocycles. The molecule has 27 heavy (non-hydrogen) atoms. The van der Waals surface area contributed by atoms with Crippen molar-refractivity contribution in [3.05, 3.63) is 65.9 Å². The molecule has 3 aromatic rings. The predicted molar refractivity (Wildman–Crippen MR) is 102 cm³/mol. The van der Waals surface area contributed by atoms with Crippen LogP contribution < -0.4 is 10.1 Å². The molecule has 0 aliphatic heterocycles. The first-order valence-corrected chi connectivity index (χ1v) is 9.38. The van der Waals surface area contributed by atoms with Crippen LogP contribution in [0.15, 0.2) is 58.4 Å². The van der Waals surface area contributed by atoms with Gasteiger partial charge in [0.2, 0.25) is 5.91 Å². The van der Waals surface area contributed by atoms with Crippen LogP contribution in [0.5, 0.6) is 5.75 Å². The molecule has 1 amide bonds. The summed E-state index contributed by atoms with van der Waals surface area (Å²) in [4.78, 5) is 16.4. The number of rotatable bonds is 9. The Labute approximate surface area is 161 Å². The third-order valence-electron chi connectivity index (χ3n) is 3.84. The van der Waals surface area contributed by atoms with Crippen molar-refractivity contribution in [1.29, 1.82) is 0 Å². The molecule has 0 spiro atoms. The smallest absolute Gasteiger partial charge is 0.230 e. The molecule has 0 fully saturated rings. The van der Waals surface area contributed by atoms with Crippen molar-refractivity contribution in [2.45, 2.75) is 24.9 Å². The first-order chi connectivity index (χ1) is 13.2. The molecule has 0 saturated heterocycles. The summed E-state index contributed by atoms with van der Waals surface area (Å²) in [5, 5.41) is 12.9. The Balaban J connectivity index is 1.60. The molecule has 0 atom stereocenters. The number of ether oxygens (including phenoxy) is 1. The van der Waals surface area contributed by atoms with Gasteiger partial charge in [0.1, 0.15) is 11.5 Å². The lowest BCUT2D eigenvalue weighted by Gasteiger charge is -2.08. The highest BCUT2D eigenvalue weighted by Gasteiger charge is 2.12. The van der Waals surface area contributed by atoms with E-state index in [0.717, 1.165) is 11.3 Å². The Kier molecular flexibility index (Phi) is 6.56. The van der Waals surface area contributed by atoms with E-state index in [4.69, 9.17) is 9.15 Å². The summed E-state index contributed by atoms with van der Waals surface area (Å²) in [7, 11) is 1.63. The number of thioether (sulfide) groups is 1. The molecule has 1 aromatic carbocycles. The van der Waals surface area contributed by atoms with Gasteiger partial charge in [0, 0.05) is 12.7 Å². The van der Waals surface area contributed by atoms with Crippen LogP contribution in [-0.4, -0.2) is 33.4 Å². The first-order valence-electron chi connectivity index (χ1n) is 8.39. The van der Waals surface area contributed by atoms with E-state index in [1.54, 1.807) is 25.6 Å². The van der Waals surface area contributed by atoms with E-state index in [-0.39, 0.29) is 18.3 Å². The van der Waals surface area contributed by atoms with E-state index in [2.05, 4.69) is 10.3 Å². The van der Waals surface area contributed by atoms with Crippen molar-refractivity contribution in [3.8, 4) is 5.75 Å². The predicted octanol–water partition coefficient (Wildman–Crippen LogP) is 2.43. The number of benzene rings is 1. The fraction of sp³-hybridized carbons (Fsp3) is 0.263. The Morgan fingerprint density at radius 2 is 2.15 bits per heavy atom. The molecular weight excluding hydrogens is 366 g/mol. The van der Waals surface area contributed by atoms with Crippen molar-refractivity contribution in [2.24, 2.45) is 0 Å². The van der Waals surface area contributed by atoms with Gasteiger partial charge in [-0.15, -0.1) is 0 Å². The van der Waals surface area contributed by atoms with Crippen molar-refractivity contribution >= 4 is 17.7 Å². The van der Waals surface area contributed by atoms with E-state index in [1.165, 1.54) is 11.8 Å². The van der Waals surface area contributed by atoms with Gasteiger partial charge in [-0.3, -0.25) is 4.79 Å². The van der Waals surface area contributed by atoms with Gasteiger partial charge in [-0.1, -0.05) is 23.9 Å². The molecule has 0 aliphatic rings. The second-order valence-corrected chi connectivity index (χ2v) is 6.74. The Morgan fingerprint density at radius 3 is 2.81 bits per heavy atom. The number of aliphatic hydroxyl groups excluding tert-OH is 1. The molecule has 0 bridgehead atoms. The Morgan fingerprint density at radius 1 is 1.33 bits per heavy atom. The van der Waals surface area contributed by atoms with Crippen LogP contribution in [0.2, 0.25) is 0 Å². The standard InChI is InChI=1S/C19H21N3O4S/c1-25-16-6-4-14(5-7-16)10-22-11-15(12-23)21-19(22)27-13-18(24)20-9-17-3-2-8-26-17/h2-8,11,23H,9-10,12-13H2,1H3,(H,20,24). The molecular formula is C19H21N3O4S. The zero-order valence-electron chi connectivity index (χ0n) is 14.9. The molecule has 7 nitrogen and oxygen atoms in total. The number of nitrogens with one attached hydrogen (secondary N) is 1. The maximum atomic E-state index is 12.1. The highest BCUT2D eigenvalue weighted by molar-refractivity contribution is 7.99. The van der Waals surface area contributed by atoms with Crippen molar-refractivity contribution in [3.63, 3.8) is 0 Å². The summed E-state index contributed by atoms with van der Waals surface area (Å²) >= 11 is 1.33. The lowest BCUT2D eigenvalue weighted by Crippen LogP contribution is -2.24. The molecule has 0 radical (unpaired) electrons. The van der Waals surface area contributed by atoms with Crippen molar-refractivity contribution < 1.29 is 19.1 Å². The fourth-order valence-corrected chi connectivity index (χ4v) is 3.29. The number of aliphatic hydroxyl groups is 1. The number of hydrogen-bond acceptors (Lipinski definition) is 6. The third-order valence-corrected chi connectivity index (χ3v) is 4.83. The minimum atomic E-state index is -0.145. The quantitative estimate of drug-likeness (QED) is 0.548. The minimum Gasteiger partial charge on any atom is -0.497 e. The molecule has 0 saturated carbocycles. The maximum Gasteiger partial charge on any atom is 0.230 e. The summed E-state index contributed by atoms with van der Waals surface area (Å²) in [5.41, 5.74) is 1.64. The highest BCUT2D eigenvalue weighted by atomic mass is 32.2. The summed E-state index contributed by atoms with van der Waals surface area (Å²) < 4.78 is 12.3. The summed E-state index contributed by atoms with van der Waals surface area (Å²) in [6.45, 7) is 0.801. The number of methoxy groups -OCH3 is 1. The number of hydrogen-bond donors (Lipinski definition) is 2. The average molecular weight is 387 g/mol. The lowest BCUT2D eigenvalue weighted by molar-refractivity contribution is -0.118. The second-order valence-electron chi connectivity index (χ2n) is 5.79. The molecule has 0 aliphatic carbocycles. The first kappa shape index (κ1) is 19.1. The number of nitrogens with zero attached hydrogens (tertiary/aromatic N) is 2. The van der Waals surface area contributed by atoms with Crippen LogP contribution in [0.4, 0.5) is 0 Å². The van der Waals surface area contributed by atoms with Gasteiger partial charge < -0.3 is 24.1 Å². The molecule has 142 valence electrons. The summed E-state index contributed by atoms with van der Waals surface area (Å²) in [5.74, 6) is 1.62. The topological polar surface area (TPSA) is 89.5 Å². The number of amides is 1. The Bertz CT molecular complexity index is 860. The fourth-order valence-electron chi connectivity index (χ4n) is 2.46. The second kappa shape index (κ2) is 9.29. The van der Waals surface area contributed by atoms with Crippen molar-refractivity contribution in [2.75, 3.05) is 12.9 Å². The summed E-state index contributed by atoms with van der Waals surface area (Å²) in [6.07, 6.45) is 3.37. The van der Waals surface area contributed by atoms with Gasteiger partial charge in [-0.2, -0.15) is 0 Å². The highest BCUT2D eigenvalue weighted by Crippen LogP contribution is 2.20. The number of carbonyl (C=O) groups excluding carboxylic acids is 1. The molecule has 2 aromatic heterocycles. The van der Waals surface area contributed by atoms with E-state index in [9.17, 15) is 9.90 Å². The normalized spacial score (nSPS) is 10.7. The van der Waals surface area contributed by atoms with E-state index >= 15 is 0 Å². The van der Waals surface area contributed by atoms with Crippen LogP contribution in [-0.2, 0) is 24.5 Å². The van der Waals surface area contributed by atoms with Crippen LogP contribution in [0.25, 0.3) is 0 Å². The average Bonchev–Trinajstić information content (AvgIpc) is 3.35. The van der Waals surface area contributed by atoms with Gasteiger partial charge >= 0.3 is 0 Å². The number of furan rings is 1. The molecule has 8 heteroatoms. The summed E-state index contributed by atoms with van der Waals surface area (Å²) in [6, 6.07) is 11.3. The van der Waals surface area contributed by atoms with E-state index in [1.807, 2.05) is 34.9 Å². The largest absolute Gasteiger partial charge is 0.497 e. The van der Waals surface area contributed by atoms with Gasteiger partial charge in [0.25, 0.3) is 0 Å². The van der Waals surface area contributed by atoms with Gasteiger partial charge in [0.15, 0.2) is 5.16 Å². The lowest BCUT2D eigenvalue weighted by atomic mass is 10.2. The number of imidazole rings is 1. The number of carbonyl (C=O) groups is 1. The maximum absolute atomic E-state index is 12.1. The SMILES string of the molecule is COc1ccc(Cn2cc(CO)nc2SCC(=O)NCc2ccco2)cc1. The Hall–Kier alpha value is -2.71.